The molecule has 98 valence electrons. The Morgan fingerprint density at radius 3 is 2.42 bits per heavy atom. The molecule has 0 aromatic heterocycles. The molecule has 2 nitrogen and oxygen atoms in total. The number of hydrogen-bond donors (Lipinski definition) is 0. The SMILES string of the molecule is CC(=O)c1ccc(N(C)Cc2ccccc2)cc1Br. The molecule has 0 aliphatic rings. The number of hydrogen-bond acceptors (Lipinski definition) is 2. The van der Waals surface area contributed by atoms with E-state index in [4.69, 9.17) is 0 Å². The van der Waals surface area contributed by atoms with E-state index in [9.17, 15) is 4.79 Å². The van der Waals surface area contributed by atoms with Gasteiger partial charge in [0.05, 0.1) is 0 Å². The molecular formula is C16H16BrNO. The van der Waals surface area contributed by atoms with Crippen molar-refractivity contribution in [1.82, 2.24) is 0 Å². The second kappa shape index (κ2) is 6.02. The highest BCUT2D eigenvalue weighted by atomic mass is 79.9. The Morgan fingerprint density at radius 2 is 1.84 bits per heavy atom. The van der Waals surface area contributed by atoms with Crippen LogP contribution in [0.5, 0.6) is 0 Å². The number of halogens is 1. The maximum Gasteiger partial charge on any atom is 0.160 e. The van der Waals surface area contributed by atoms with Gasteiger partial charge in [0.15, 0.2) is 5.78 Å². The summed E-state index contributed by atoms with van der Waals surface area (Å²) in [5.41, 5.74) is 3.06. The molecule has 0 heterocycles. The normalized spacial score (nSPS) is 10.3. The standard InChI is InChI=1S/C16H16BrNO/c1-12(19)15-9-8-14(10-16(15)17)18(2)11-13-6-4-3-5-7-13/h3-10H,11H2,1-2H3. The largest absolute Gasteiger partial charge is 0.370 e. The molecule has 2 rings (SSSR count). The zero-order valence-electron chi connectivity index (χ0n) is 11.1. The highest BCUT2D eigenvalue weighted by Crippen LogP contribution is 2.24. The molecule has 0 aliphatic heterocycles. The first kappa shape index (κ1) is 13.8. The maximum absolute atomic E-state index is 11.4. The quantitative estimate of drug-likeness (QED) is 0.784. The van der Waals surface area contributed by atoms with Crippen LogP contribution in [0, 0.1) is 0 Å². The van der Waals surface area contributed by atoms with Gasteiger partial charge in [-0.3, -0.25) is 4.79 Å². The summed E-state index contributed by atoms with van der Waals surface area (Å²) >= 11 is 3.45. The summed E-state index contributed by atoms with van der Waals surface area (Å²) in [4.78, 5) is 13.6. The summed E-state index contributed by atoms with van der Waals surface area (Å²) in [6.07, 6.45) is 0. The molecule has 2 aromatic rings. The van der Waals surface area contributed by atoms with Gasteiger partial charge in [0.2, 0.25) is 0 Å². The summed E-state index contributed by atoms with van der Waals surface area (Å²) < 4.78 is 0.845. The van der Waals surface area contributed by atoms with Gasteiger partial charge in [0.1, 0.15) is 0 Å². The van der Waals surface area contributed by atoms with Gasteiger partial charge in [-0.2, -0.15) is 0 Å². The molecule has 0 fully saturated rings. The van der Waals surface area contributed by atoms with Crippen molar-refractivity contribution in [1.29, 1.82) is 0 Å². The number of ketones is 1. The second-order valence-electron chi connectivity index (χ2n) is 4.56. The number of rotatable bonds is 4. The average Bonchev–Trinajstić information content (AvgIpc) is 2.39. The minimum atomic E-state index is 0.0733. The molecule has 2 aromatic carbocycles. The van der Waals surface area contributed by atoms with Crippen molar-refractivity contribution >= 4 is 27.4 Å². The third-order valence-electron chi connectivity index (χ3n) is 3.04. The fourth-order valence-corrected chi connectivity index (χ4v) is 2.62. The fraction of sp³-hybridized carbons (Fsp3) is 0.188. The Hall–Kier alpha value is -1.61. The lowest BCUT2D eigenvalue weighted by atomic mass is 10.1. The van der Waals surface area contributed by atoms with Gasteiger partial charge in [0, 0.05) is 29.3 Å². The van der Waals surface area contributed by atoms with Crippen LogP contribution < -0.4 is 4.90 Å². The lowest BCUT2D eigenvalue weighted by Crippen LogP contribution is -2.16. The first-order chi connectivity index (χ1) is 9.08. The van der Waals surface area contributed by atoms with Crippen molar-refractivity contribution in [3.05, 3.63) is 64.1 Å². The van der Waals surface area contributed by atoms with Crippen LogP contribution in [0.25, 0.3) is 0 Å². The molecule has 0 amide bonds. The maximum atomic E-state index is 11.4. The number of Topliss-reactive ketones (excluding diaryl/α,β-unsaturated/α-hetero) is 1. The molecule has 0 atom stereocenters. The van der Waals surface area contributed by atoms with Crippen LogP contribution >= 0.6 is 15.9 Å². The van der Waals surface area contributed by atoms with E-state index in [0.29, 0.717) is 0 Å². The summed E-state index contributed by atoms with van der Waals surface area (Å²) in [7, 11) is 2.04. The van der Waals surface area contributed by atoms with E-state index in [1.54, 1.807) is 6.92 Å². The van der Waals surface area contributed by atoms with Crippen LogP contribution in [0.4, 0.5) is 5.69 Å². The smallest absolute Gasteiger partial charge is 0.160 e. The summed E-state index contributed by atoms with van der Waals surface area (Å²) in [6, 6.07) is 16.1. The lowest BCUT2D eigenvalue weighted by molar-refractivity contribution is 0.101. The minimum Gasteiger partial charge on any atom is -0.370 e. The molecule has 0 bridgehead atoms. The lowest BCUT2D eigenvalue weighted by Gasteiger charge is -2.20. The van der Waals surface area contributed by atoms with Crippen LogP contribution in [0.1, 0.15) is 22.8 Å². The number of carbonyl (C=O) groups excluding carboxylic acids is 1. The van der Waals surface area contributed by atoms with E-state index in [1.165, 1.54) is 5.56 Å². The van der Waals surface area contributed by atoms with E-state index in [-0.39, 0.29) is 5.78 Å². The van der Waals surface area contributed by atoms with Gasteiger partial charge < -0.3 is 4.90 Å². The van der Waals surface area contributed by atoms with E-state index < -0.39 is 0 Å². The summed E-state index contributed by atoms with van der Waals surface area (Å²) in [5.74, 6) is 0.0733. The number of anilines is 1. The van der Waals surface area contributed by atoms with Crippen LogP contribution in [0.15, 0.2) is 53.0 Å². The summed E-state index contributed by atoms with van der Waals surface area (Å²) in [5, 5.41) is 0. The van der Waals surface area contributed by atoms with E-state index in [0.717, 1.165) is 22.3 Å². The highest BCUT2D eigenvalue weighted by Gasteiger charge is 2.08. The van der Waals surface area contributed by atoms with Gasteiger partial charge in [-0.05, 0) is 46.6 Å². The molecule has 19 heavy (non-hydrogen) atoms. The molecule has 0 aliphatic carbocycles. The minimum absolute atomic E-state index is 0.0733. The van der Waals surface area contributed by atoms with Crippen molar-refractivity contribution in [2.45, 2.75) is 13.5 Å². The Morgan fingerprint density at radius 1 is 1.16 bits per heavy atom. The van der Waals surface area contributed by atoms with E-state index >= 15 is 0 Å². The molecule has 0 unspecified atom stereocenters. The van der Waals surface area contributed by atoms with Crippen LogP contribution in [-0.2, 0) is 6.54 Å². The Kier molecular flexibility index (Phi) is 4.38. The Balaban J connectivity index is 2.18. The number of carbonyl (C=O) groups is 1. The highest BCUT2D eigenvalue weighted by molar-refractivity contribution is 9.10. The zero-order valence-corrected chi connectivity index (χ0v) is 12.6. The third-order valence-corrected chi connectivity index (χ3v) is 3.69. The van der Waals surface area contributed by atoms with Gasteiger partial charge in [-0.25, -0.2) is 0 Å². The van der Waals surface area contributed by atoms with Crippen LogP contribution in [0.2, 0.25) is 0 Å². The first-order valence-corrected chi connectivity index (χ1v) is 6.93. The number of benzene rings is 2. The first-order valence-electron chi connectivity index (χ1n) is 6.13. The molecule has 0 saturated heterocycles. The van der Waals surface area contributed by atoms with Gasteiger partial charge >= 0.3 is 0 Å². The van der Waals surface area contributed by atoms with Gasteiger partial charge in [-0.1, -0.05) is 30.3 Å². The predicted octanol–water partition coefficient (Wildman–Crippen LogP) is 4.29. The van der Waals surface area contributed by atoms with E-state index in [2.05, 4.69) is 33.0 Å². The third kappa shape index (κ3) is 3.44. The topological polar surface area (TPSA) is 20.3 Å². The monoisotopic (exact) mass is 317 g/mol. The Bertz CT molecular complexity index is 581. The van der Waals surface area contributed by atoms with Crippen LogP contribution in [0.3, 0.4) is 0 Å². The molecule has 0 radical (unpaired) electrons. The van der Waals surface area contributed by atoms with Crippen molar-refractivity contribution in [2.75, 3.05) is 11.9 Å². The molecule has 0 saturated carbocycles. The average molecular weight is 318 g/mol. The predicted molar refractivity (Wildman–Crippen MR) is 82.7 cm³/mol. The number of nitrogens with zero attached hydrogens (tertiary/aromatic N) is 1. The van der Waals surface area contributed by atoms with Crippen molar-refractivity contribution in [3.63, 3.8) is 0 Å². The fourth-order valence-electron chi connectivity index (χ4n) is 1.98. The van der Waals surface area contributed by atoms with Gasteiger partial charge in [-0.15, -0.1) is 0 Å². The molecule has 0 spiro atoms. The summed E-state index contributed by atoms with van der Waals surface area (Å²) in [6.45, 7) is 2.42. The zero-order chi connectivity index (χ0) is 13.8. The second-order valence-corrected chi connectivity index (χ2v) is 5.42. The molecular weight excluding hydrogens is 302 g/mol. The Labute approximate surface area is 122 Å². The van der Waals surface area contributed by atoms with E-state index in [1.807, 2.05) is 43.4 Å². The van der Waals surface area contributed by atoms with Crippen molar-refractivity contribution < 1.29 is 4.79 Å². The molecule has 3 heteroatoms. The molecule has 0 N–H and O–H groups in total. The van der Waals surface area contributed by atoms with Crippen LogP contribution in [-0.4, -0.2) is 12.8 Å². The van der Waals surface area contributed by atoms with Gasteiger partial charge in [0.25, 0.3) is 0 Å². The van der Waals surface area contributed by atoms with Crippen molar-refractivity contribution in [3.8, 4) is 0 Å². The van der Waals surface area contributed by atoms with Crippen molar-refractivity contribution in [2.24, 2.45) is 0 Å².